The van der Waals surface area contributed by atoms with Crippen LogP contribution in [0, 0.1) is 5.82 Å². The zero-order chi connectivity index (χ0) is 39.9. The molecule has 2 aromatic heterocycles. The van der Waals surface area contributed by atoms with E-state index in [0.717, 1.165) is 28.5 Å². The summed E-state index contributed by atoms with van der Waals surface area (Å²) in [6, 6.07) is 12.6. The van der Waals surface area contributed by atoms with E-state index in [1.807, 2.05) is 24.3 Å². The molecule has 0 bridgehead atoms. The third kappa shape index (κ3) is 7.97. The second-order valence-corrected chi connectivity index (χ2v) is 14.3. The van der Waals surface area contributed by atoms with Gasteiger partial charge in [0.25, 0.3) is 5.91 Å². The van der Waals surface area contributed by atoms with Gasteiger partial charge in [-0.3, -0.25) is 14.4 Å². The van der Waals surface area contributed by atoms with Gasteiger partial charge in [0.2, 0.25) is 11.5 Å². The maximum absolute atomic E-state index is 14.4. The quantitative estimate of drug-likeness (QED) is 0.0802. The van der Waals surface area contributed by atoms with Gasteiger partial charge in [0, 0.05) is 71.4 Å². The van der Waals surface area contributed by atoms with Crippen LogP contribution in [-0.4, -0.2) is 59.3 Å². The largest absolute Gasteiger partial charge is 0.417 e. The summed E-state index contributed by atoms with van der Waals surface area (Å²) >= 11 is 0. The van der Waals surface area contributed by atoms with Crippen molar-refractivity contribution in [3.05, 3.63) is 99.1 Å². The van der Waals surface area contributed by atoms with Crippen molar-refractivity contribution >= 4 is 39.3 Å². The number of nitrogens with zero attached hydrogens (tertiary/aromatic N) is 1. The Morgan fingerprint density at radius 2 is 1.71 bits per heavy atom. The number of pyridine rings is 1. The Labute approximate surface area is 315 Å². The molecular weight excluding hydrogens is 747 g/mol. The average Bonchev–Trinajstić information content (AvgIpc) is 3.64. The lowest BCUT2D eigenvalue weighted by atomic mass is 9.99. The number of carbonyl (C=O) groups excluding carboxylic acids is 2. The molecule has 1 saturated heterocycles. The number of unbranched alkanes of at least 4 members (excludes halogenated alkanes) is 1. The number of hydrogen-bond acceptors (Lipinski definition) is 5. The minimum atomic E-state index is -4.85. The highest BCUT2D eigenvalue weighted by molar-refractivity contribution is 6.10. The molecule has 5 aromatic rings. The maximum Gasteiger partial charge on any atom is 0.417 e. The van der Waals surface area contributed by atoms with Crippen LogP contribution in [0.5, 0.6) is 0 Å². The normalized spacial score (nSPS) is 18.0. The first-order valence-electron chi connectivity index (χ1n) is 18.3. The monoisotopic (exact) mass is 785 g/mol. The van der Waals surface area contributed by atoms with Crippen molar-refractivity contribution in [1.82, 2.24) is 20.6 Å². The van der Waals surface area contributed by atoms with Gasteiger partial charge in [-0.1, -0.05) is 24.3 Å². The average molecular weight is 786 g/mol. The van der Waals surface area contributed by atoms with Crippen molar-refractivity contribution in [1.29, 1.82) is 0 Å². The number of benzene rings is 3. The molecule has 9 nitrogen and oxygen atoms in total. The Morgan fingerprint density at radius 3 is 2.45 bits per heavy atom. The van der Waals surface area contributed by atoms with Gasteiger partial charge in [-0.25, -0.2) is 4.39 Å². The molecule has 296 valence electrons. The number of carbonyl (C=O) groups is 2. The molecule has 7 rings (SSSR count). The van der Waals surface area contributed by atoms with E-state index >= 15 is 0 Å². The first-order valence-corrected chi connectivity index (χ1v) is 18.3. The van der Waals surface area contributed by atoms with Crippen LogP contribution in [0.25, 0.3) is 33.1 Å². The van der Waals surface area contributed by atoms with Crippen molar-refractivity contribution < 1.29 is 45.1 Å². The molecule has 0 aliphatic carbocycles. The summed E-state index contributed by atoms with van der Waals surface area (Å²) in [4.78, 5) is 44.0. The molecule has 3 atom stereocenters. The van der Waals surface area contributed by atoms with E-state index in [-0.39, 0.29) is 72.8 Å². The third-order valence-corrected chi connectivity index (χ3v) is 10.5. The second-order valence-electron chi connectivity index (χ2n) is 14.3. The minimum Gasteiger partial charge on any atom is -0.367 e. The fourth-order valence-electron chi connectivity index (χ4n) is 7.93. The number of alkyl halides is 6. The van der Waals surface area contributed by atoms with E-state index in [2.05, 4.69) is 20.6 Å². The van der Waals surface area contributed by atoms with Crippen molar-refractivity contribution in [2.24, 2.45) is 0 Å². The fourth-order valence-corrected chi connectivity index (χ4v) is 7.93. The highest BCUT2D eigenvalue weighted by Crippen LogP contribution is 2.41. The second kappa shape index (κ2) is 15.3. The Bertz CT molecular complexity index is 2330. The number of rotatable bonds is 11. The molecule has 0 saturated carbocycles. The van der Waals surface area contributed by atoms with E-state index in [4.69, 9.17) is 4.74 Å². The van der Waals surface area contributed by atoms with E-state index in [0.29, 0.717) is 36.4 Å². The lowest BCUT2D eigenvalue weighted by Crippen LogP contribution is -2.50. The highest BCUT2D eigenvalue weighted by Gasteiger charge is 2.50. The molecule has 16 heteroatoms. The molecule has 0 spiro atoms. The van der Waals surface area contributed by atoms with E-state index in [1.54, 1.807) is 6.92 Å². The third-order valence-electron chi connectivity index (χ3n) is 10.5. The maximum atomic E-state index is 14.4. The summed E-state index contributed by atoms with van der Waals surface area (Å²) in [5, 5.41) is 5.97. The summed E-state index contributed by atoms with van der Waals surface area (Å²) in [7, 11) is 0. The number of amides is 2. The molecular formula is C40H38F7N5O4. The van der Waals surface area contributed by atoms with Gasteiger partial charge in [0.1, 0.15) is 5.82 Å². The molecule has 4 heterocycles. The number of nitrogens with one attached hydrogen (secondary N) is 4. The summed E-state index contributed by atoms with van der Waals surface area (Å²) < 4.78 is 104. The van der Waals surface area contributed by atoms with Gasteiger partial charge in [-0.05, 0) is 86.1 Å². The SMILES string of the molecule is C[C@H]1CC[C@H](C(OCCCCC(=O)NCc2ccc(-c3[nH]c4cc(F)cc5c4c3CCNC5=O)cc2)C(F)(F)F)N1c1ccc2[nH]c(=O)cc(C(F)(F)F)c2c1. The zero-order valence-electron chi connectivity index (χ0n) is 30.1. The van der Waals surface area contributed by atoms with Crippen LogP contribution in [-0.2, 0) is 28.7 Å². The lowest BCUT2D eigenvalue weighted by Gasteiger charge is -2.36. The van der Waals surface area contributed by atoms with Crippen LogP contribution >= 0.6 is 0 Å². The van der Waals surface area contributed by atoms with E-state index in [9.17, 15) is 45.1 Å². The predicted molar refractivity (Wildman–Crippen MR) is 196 cm³/mol. The lowest BCUT2D eigenvalue weighted by molar-refractivity contribution is -0.226. The number of H-pyrrole nitrogens is 2. The minimum absolute atomic E-state index is 0.0511. The molecule has 2 aliphatic heterocycles. The number of aromatic nitrogens is 2. The topological polar surface area (TPSA) is 119 Å². The summed E-state index contributed by atoms with van der Waals surface area (Å²) in [6.45, 7) is 2.03. The number of aromatic amines is 2. The summed E-state index contributed by atoms with van der Waals surface area (Å²) in [6.07, 6.45) is -10.4. The van der Waals surface area contributed by atoms with E-state index < -0.39 is 47.5 Å². The summed E-state index contributed by atoms with van der Waals surface area (Å²) in [5.41, 5.74) is 2.06. The Morgan fingerprint density at radius 1 is 0.946 bits per heavy atom. The first kappa shape index (κ1) is 38.9. The van der Waals surface area contributed by atoms with Gasteiger partial charge >= 0.3 is 12.4 Å². The van der Waals surface area contributed by atoms with Crippen LogP contribution < -0.4 is 21.1 Å². The van der Waals surface area contributed by atoms with Crippen LogP contribution in [0.1, 0.15) is 66.1 Å². The number of ether oxygens (including phenoxy) is 1. The summed E-state index contributed by atoms with van der Waals surface area (Å²) in [5.74, 6) is -1.14. The van der Waals surface area contributed by atoms with Crippen molar-refractivity contribution in [3.8, 4) is 11.3 Å². The molecule has 2 amide bonds. The number of hydrogen-bond donors (Lipinski definition) is 4. The van der Waals surface area contributed by atoms with Crippen molar-refractivity contribution in [3.63, 3.8) is 0 Å². The molecule has 0 radical (unpaired) electrons. The first-order chi connectivity index (χ1) is 26.6. The van der Waals surface area contributed by atoms with Gasteiger partial charge in [0.05, 0.1) is 17.2 Å². The zero-order valence-corrected chi connectivity index (χ0v) is 30.1. The predicted octanol–water partition coefficient (Wildman–Crippen LogP) is 7.91. The Kier molecular flexibility index (Phi) is 10.6. The Balaban J connectivity index is 0.935. The van der Waals surface area contributed by atoms with Gasteiger partial charge in [-0.15, -0.1) is 0 Å². The number of halogens is 7. The van der Waals surface area contributed by atoms with Crippen molar-refractivity contribution in [2.45, 2.75) is 82.5 Å². The molecule has 1 fully saturated rings. The van der Waals surface area contributed by atoms with E-state index in [1.165, 1.54) is 29.2 Å². The highest BCUT2D eigenvalue weighted by atomic mass is 19.4. The van der Waals surface area contributed by atoms with Crippen LogP contribution in [0.3, 0.4) is 0 Å². The number of anilines is 1. The molecule has 2 aliphatic rings. The molecule has 3 aromatic carbocycles. The molecule has 4 N–H and O–H groups in total. The smallest absolute Gasteiger partial charge is 0.367 e. The van der Waals surface area contributed by atoms with Gasteiger partial charge in [0.15, 0.2) is 6.10 Å². The van der Waals surface area contributed by atoms with Gasteiger partial charge < -0.3 is 30.2 Å². The molecule has 1 unspecified atom stereocenters. The fraction of sp³-hybridized carbons (Fsp3) is 0.375. The van der Waals surface area contributed by atoms with Crippen LogP contribution in [0.2, 0.25) is 0 Å². The van der Waals surface area contributed by atoms with Gasteiger partial charge in [-0.2, -0.15) is 26.3 Å². The Hall–Kier alpha value is -5.38. The standard InChI is InChI=1S/C40H38F7N5O4/c1-21-5-12-32(52(21)25-10-11-30-27(18-25)29(39(42,43)44)19-34(54)50-30)37(40(45,46)47)56-15-3-2-4-33(53)49-20-22-6-8-23(9-7-22)36-26-13-14-48-38(55)28-16-24(41)17-31(51-36)35(26)28/h6-11,16-19,21,32,37,51H,2-5,12-15,20H2,1H3,(H,48,55)(H,49,53)(H,50,54)/t21-,32+,37?/m0/s1. The van der Waals surface area contributed by atoms with Crippen LogP contribution in [0.15, 0.2) is 65.5 Å². The number of fused-ring (bicyclic) bond motifs is 1. The van der Waals surface area contributed by atoms with Crippen molar-refractivity contribution in [2.75, 3.05) is 18.1 Å². The molecule has 56 heavy (non-hydrogen) atoms. The van der Waals surface area contributed by atoms with Crippen LogP contribution in [0.4, 0.5) is 36.4 Å².